The van der Waals surface area contributed by atoms with Gasteiger partial charge in [0.1, 0.15) is 17.2 Å². The summed E-state index contributed by atoms with van der Waals surface area (Å²) < 4.78 is 35.2. The molecule has 1 aliphatic heterocycles. The Balaban J connectivity index is 1.72. The number of cyclic esters (lactones) is 1. The fraction of sp³-hybridized carbons (Fsp3) is 0.545. The number of halogens is 2. The van der Waals surface area contributed by atoms with Crippen molar-refractivity contribution in [2.45, 2.75) is 32.8 Å². The van der Waals surface area contributed by atoms with Crippen molar-refractivity contribution >= 4 is 35.3 Å². The van der Waals surface area contributed by atoms with E-state index in [1.165, 1.54) is 18.9 Å². The highest BCUT2D eigenvalue weighted by molar-refractivity contribution is 6.04. The van der Waals surface area contributed by atoms with Crippen molar-refractivity contribution in [2.75, 3.05) is 49.6 Å². The Hall–Kier alpha value is -3.48. The zero-order chi connectivity index (χ0) is 25.9. The number of nitrogens with zero attached hydrogens (tertiary/aromatic N) is 3. The van der Waals surface area contributed by atoms with Crippen molar-refractivity contribution in [3.05, 3.63) is 23.8 Å². The maximum Gasteiger partial charge on any atom is 0.414 e. The first-order valence-corrected chi connectivity index (χ1v) is 11.1. The molecule has 0 unspecified atom stereocenters. The lowest BCUT2D eigenvalue weighted by atomic mass is 10.1. The minimum atomic E-state index is -1.51. The Kier molecular flexibility index (Phi) is 7.78. The minimum absolute atomic E-state index is 0.00503. The molecule has 1 aromatic rings. The van der Waals surface area contributed by atoms with Crippen LogP contribution in [0.3, 0.4) is 0 Å². The fourth-order valence-electron chi connectivity index (χ4n) is 3.90. The number of carboxylic acids is 1. The first-order chi connectivity index (χ1) is 16.5. The molecule has 2 fully saturated rings. The number of likely N-dealkylation sites (N-methyl/N-ethyl adjacent to an activating group) is 1. The Morgan fingerprint density at radius 2 is 1.89 bits per heavy atom. The second kappa shape index (κ2) is 10.4. The summed E-state index contributed by atoms with van der Waals surface area (Å²) in [5, 5.41) is 12.7. The molecule has 2 N–H and O–H groups in total. The number of carbonyl (C=O) groups excluding carboxylic acids is 3. The molecule has 13 heteroatoms. The zero-order valence-electron chi connectivity index (χ0n) is 19.7. The quantitative estimate of drug-likeness (QED) is 0.347. The van der Waals surface area contributed by atoms with E-state index in [0.717, 1.165) is 22.1 Å². The molecule has 11 nitrogen and oxygen atoms in total. The molecule has 192 valence electrons. The van der Waals surface area contributed by atoms with Gasteiger partial charge in [-0.25, -0.2) is 18.6 Å². The number of carbonyl (C=O) groups is 4. The molecule has 35 heavy (non-hydrogen) atoms. The van der Waals surface area contributed by atoms with Crippen molar-refractivity contribution in [1.82, 2.24) is 10.4 Å². The van der Waals surface area contributed by atoms with Gasteiger partial charge < -0.3 is 20.1 Å². The van der Waals surface area contributed by atoms with Gasteiger partial charge in [0.25, 0.3) is 5.91 Å². The molecule has 0 aromatic heterocycles. The van der Waals surface area contributed by atoms with E-state index in [1.54, 1.807) is 6.92 Å². The summed E-state index contributed by atoms with van der Waals surface area (Å²) in [7, 11) is 1.22. The van der Waals surface area contributed by atoms with E-state index in [9.17, 15) is 24.3 Å². The van der Waals surface area contributed by atoms with Crippen molar-refractivity contribution in [3.8, 4) is 0 Å². The summed E-state index contributed by atoms with van der Waals surface area (Å²) in [6.45, 7) is 3.07. The highest BCUT2D eigenvalue weighted by Gasteiger charge is 2.59. The number of carboxylic acid groups (broad SMARTS) is 1. The van der Waals surface area contributed by atoms with Crippen molar-refractivity contribution < 1.29 is 42.6 Å². The van der Waals surface area contributed by atoms with Gasteiger partial charge in [0.15, 0.2) is 11.6 Å². The van der Waals surface area contributed by atoms with Crippen molar-refractivity contribution in [2.24, 2.45) is 5.41 Å². The fourth-order valence-corrected chi connectivity index (χ4v) is 3.90. The number of hydroxylamine groups is 2. The SMILES string of the molecule is CCN(CCN(OC)C(=O)C1(C(=O)O)CC1)c1c(F)cc(N2C[C@H](CNC(C)=O)OC2=O)cc1F. The van der Waals surface area contributed by atoms with E-state index in [4.69, 9.17) is 9.57 Å². The summed E-state index contributed by atoms with van der Waals surface area (Å²) in [4.78, 5) is 54.7. The average molecular weight is 498 g/mol. The van der Waals surface area contributed by atoms with Crippen LogP contribution in [0.2, 0.25) is 0 Å². The lowest BCUT2D eigenvalue weighted by molar-refractivity contribution is -0.185. The predicted octanol–water partition coefficient (Wildman–Crippen LogP) is 1.51. The number of amides is 3. The third kappa shape index (κ3) is 5.45. The normalized spacial score (nSPS) is 18.1. The van der Waals surface area contributed by atoms with Crippen molar-refractivity contribution in [3.63, 3.8) is 0 Å². The largest absolute Gasteiger partial charge is 0.480 e. The van der Waals surface area contributed by atoms with Gasteiger partial charge in [-0.3, -0.25) is 24.1 Å². The summed E-state index contributed by atoms with van der Waals surface area (Å²) in [6.07, 6.45) is -1.05. The van der Waals surface area contributed by atoms with Gasteiger partial charge >= 0.3 is 12.1 Å². The molecule has 0 spiro atoms. The number of benzene rings is 1. The van der Waals surface area contributed by atoms with E-state index in [1.807, 2.05) is 0 Å². The summed E-state index contributed by atoms with van der Waals surface area (Å²) in [5.74, 6) is -4.10. The highest BCUT2D eigenvalue weighted by Crippen LogP contribution is 2.47. The van der Waals surface area contributed by atoms with Crippen molar-refractivity contribution in [1.29, 1.82) is 0 Å². The van der Waals surface area contributed by atoms with Gasteiger partial charge in [0, 0.05) is 32.1 Å². The smallest absolute Gasteiger partial charge is 0.414 e. The zero-order valence-corrected chi connectivity index (χ0v) is 19.7. The molecule has 1 saturated carbocycles. The molecule has 0 bridgehead atoms. The molecule has 1 saturated heterocycles. The topological polar surface area (TPSA) is 129 Å². The highest BCUT2D eigenvalue weighted by atomic mass is 19.1. The standard InChI is InChI=1S/C22H28F2N4O7/c1-4-26(7-8-28(34-3)19(30)22(5-6-22)20(31)32)18-16(23)9-14(10-17(18)24)27-12-15(35-21(27)33)11-25-13(2)29/h9-10,15H,4-8,11-12H2,1-3H3,(H,25,29)(H,31,32)/t15-/m0/s1. The third-order valence-corrected chi connectivity index (χ3v) is 6.05. The molecule has 1 heterocycles. The Labute approximate surface area is 200 Å². The minimum Gasteiger partial charge on any atom is -0.480 e. The number of ether oxygens (including phenoxy) is 1. The van der Waals surface area contributed by atoms with Gasteiger partial charge in [-0.1, -0.05) is 0 Å². The van der Waals surface area contributed by atoms with Crippen LogP contribution in [0.4, 0.5) is 25.0 Å². The molecular weight excluding hydrogens is 470 g/mol. The molecule has 3 amide bonds. The molecule has 1 atom stereocenters. The summed E-state index contributed by atoms with van der Waals surface area (Å²) in [5.41, 5.74) is -1.91. The van der Waals surface area contributed by atoms with Gasteiger partial charge in [-0.05, 0) is 19.8 Å². The summed E-state index contributed by atoms with van der Waals surface area (Å²) >= 11 is 0. The Bertz CT molecular complexity index is 995. The van der Waals surface area contributed by atoms with Crippen LogP contribution in [0.5, 0.6) is 0 Å². The molecule has 2 aliphatic rings. The van der Waals surface area contributed by atoms with E-state index < -0.39 is 41.1 Å². The number of rotatable bonds is 11. The lowest BCUT2D eigenvalue weighted by Crippen LogP contribution is -2.44. The van der Waals surface area contributed by atoms with Crippen LogP contribution in [0.25, 0.3) is 0 Å². The average Bonchev–Trinajstić information content (AvgIpc) is 3.53. The maximum atomic E-state index is 15.0. The van der Waals surface area contributed by atoms with Gasteiger partial charge in [0.05, 0.1) is 32.4 Å². The predicted molar refractivity (Wildman–Crippen MR) is 119 cm³/mol. The Morgan fingerprint density at radius 1 is 1.26 bits per heavy atom. The van der Waals surface area contributed by atoms with E-state index in [2.05, 4.69) is 5.32 Å². The molecule has 0 radical (unpaired) electrons. The van der Waals surface area contributed by atoms with Crippen LogP contribution in [-0.4, -0.2) is 80.0 Å². The van der Waals surface area contributed by atoms with Crippen LogP contribution in [0, 0.1) is 17.0 Å². The summed E-state index contributed by atoms with van der Waals surface area (Å²) in [6, 6.07) is 2.01. The number of hydrogen-bond donors (Lipinski definition) is 2. The second-order valence-corrected chi connectivity index (χ2v) is 8.37. The first-order valence-electron chi connectivity index (χ1n) is 11.1. The van der Waals surface area contributed by atoms with Crippen LogP contribution < -0.4 is 15.1 Å². The maximum absolute atomic E-state index is 15.0. The van der Waals surface area contributed by atoms with E-state index >= 15 is 8.78 Å². The number of aliphatic carboxylic acids is 1. The lowest BCUT2D eigenvalue weighted by Gasteiger charge is -2.29. The van der Waals surface area contributed by atoms with Gasteiger partial charge in [0.2, 0.25) is 5.91 Å². The number of anilines is 2. The first kappa shape index (κ1) is 26.1. The monoisotopic (exact) mass is 498 g/mol. The third-order valence-electron chi connectivity index (χ3n) is 6.05. The van der Waals surface area contributed by atoms with Crippen LogP contribution >= 0.6 is 0 Å². The van der Waals surface area contributed by atoms with Gasteiger partial charge in [-0.15, -0.1) is 0 Å². The van der Waals surface area contributed by atoms with Crippen LogP contribution in [-0.2, 0) is 24.0 Å². The van der Waals surface area contributed by atoms with Crippen LogP contribution in [0.1, 0.15) is 26.7 Å². The molecule has 3 rings (SSSR count). The molecular formula is C22H28F2N4O7. The molecule has 1 aliphatic carbocycles. The molecule has 1 aromatic carbocycles. The van der Waals surface area contributed by atoms with E-state index in [-0.39, 0.29) is 62.8 Å². The van der Waals surface area contributed by atoms with Crippen LogP contribution in [0.15, 0.2) is 12.1 Å². The number of nitrogens with one attached hydrogen (secondary N) is 1. The Morgan fingerprint density at radius 3 is 2.37 bits per heavy atom. The number of hydrogen-bond acceptors (Lipinski definition) is 7. The second-order valence-electron chi connectivity index (χ2n) is 8.37. The van der Waals surface area contributed by atoms with E-state index in [0.29, 0.717) is 0 Å². The van der Waals surface area contributed by atoms with Gasteiger partial charge in [-0.2, -0.15) is 0 Å².